The van der Waals surface area contributed by atoms with Crippen molar-refractivity contribution in [2.24, 2.45) is 5.73 Å². The van der Waals surface area contributed by atoms with E-state index in [1.54, 1.807) is 6.07 Å². The summed E-state index contributed by atoms with van der Waals surface area (Å²) in [5.74, 6) is -5.56. The zero-order chi connectivity index (χ0) is 20.1. The maximum atomic E-state index is 14.5. The molecule has 0 bridgehead atoms. The Balaban J connectivity index is 2.21. The highest BCUT2D eigenvalue weighted by molar-refractivity contribution is 7.90. The summed E-state index contributed by atoms with van der Waals surface area (Å²) in [5, 5.41) is 8.86. The molecule has 0 fully saturated rings. The number of nitriles is 1. The second-order valence-electron chi connectivity index (χ2n) is 6.07. The van der Waals surface area contributed by atoms with Crippen molar-refractivity contribution in [1.29, 1.82) is 5.26 Å². The van der Waals surface area contributed by atoms with Gasteiger partial charge in [-0.05, 0) is 24.3 Å². The van der Waals surface area contributed by atoms with Gasteiger partial charge in [-0.15, -0.1) is 0 Å². The third-order valence-corrected chi connectivity index (χ3v) is 5.31. The number of halogens is 4. The number of sulfone groups is 1. The molecular formula is C17H12F4N2O3S. The molecule has 0 saturated carbocycles. The van der Waals surface area contributed by atoms with Gasteiger partial charge >= 0.3 is 5.92 Å². The summed E-state index contributed by atoms with van der Waals surface area (Å²) in [6, 6.07) is 4.38. The molecule has 10 heteroatoms. The quantitative estimate of drug-likeness (QED) is 0.796. The molecule has 3 rings (SSSR count). The molecule has 0 aliphatic heterocycles. The van der Waals surface area contributed by atoms with Crippen LogP contribution in [0.15, 0.2) is 35.2 Å². The molecule has 0 radical (unpaired) electrons. The van der Waals surface area contributed by atoms with Crippen LogP contribution >= 0.6 is 0 Å². The highest BCUT2D eigenvalue weighted by atomic mass is 32.2. The number of nitrogens with two attached hydrogens (primary N) is 1. The Kier molecular flexibility index (Phi) is 4.40. The maximum absolute atomic E-state index is 14.5. The van der Waals surface area contributed by atoms with Gasteiger partial charge in [-0.3, -0.25) is 0 Å². The molecule has 0 aromatic heterocycles. The van der Waals surface area contributed by atoms with Crippen LogP contribution in [0.4, 0.5) is 17.6 Å². The molecule has 2 atom stereocenters. The van der Waals surface area contributed by atoms with Crippen molar-refractivity contribution in [2.75, 3.05) is 6.26 Å². The van der Waals surface area contributed by atoms with E-state index in [0.29, 0.717) is 0 Å². The van der Waals surface area contributed by atoms with Crippen molar-refractivity contribution in [2.45, 2.75) is 23.0 Å². The van der Waals surface area contributed by atoms with E-state index in [1.165, 1.54) is 0 Å². The highest BCUT2D eigenvalue weighted by Gasteiger charge is 2.57. The van der Waals surface area contributed by atoms with Crippen LogP contribution in [0.3, 0.4) is 0 Å². The van der Waals surface area contributed by atoms with E-state index < -0.39 is 55.6 Å². The lowest BCUT2D eigenvalue weighted by molar-refractivity contribution is -0.0813. The maximum Gasteiger partial charge on any atom is 0.301 e. The number of alkyl halides is 3. The molecular weight excluding hydrogens is 388 g/mol. The Labute approximate surface area is 151 Å². The number of hydrogen-bond donors (Lipinski definition) is 1. The number of benzene rings is 2. The molecule has 2 aromatic rings. The summed E-state index contributed by atoms with van der Waals surface area (Å²) < 4.78 is 85.4. The van der Waals surface area contributed by atoms with E-state index in [9.17, 15) is 26.0 Å². The van der Waals surface area contributed by atoms with Crippen molar-refractivity contribution in [3.8, 4) is 17.6 Å². The second-order valence-corrected chi connectivity index (χ2v) is 8.05. The molecule has 1 aliphatic rings. The molecule has 2 N–H and O–H groups in total. The Bertz CT molecular complexity index is 1080. The molecule has 27 heavy (non-hydrogen) atoms. The second kappa shape index (κ2) is 6.21. The van der Waals surface area contributed by atoms with Crippen LogP contribution in [-0.4, -0.2) is 20.6 Å². The van der Waals surface area contributed by atoms with Gasteiger partial charge < -0.3 is 10.5 Å². The van der Waals surface area contributed by atoms with Crippen LogP contribution < -0.4 is 10.5 Å². The van der Waals surface area contributed by atoms with Gasteiger partial charge in [0, 0.05) is 23.4 Å². The minimum Gasteiger partial charge on any atom is -0.457 e. The molecule has 5 nitrogen and oxygen atoms in total. The van der Waals surface area contributed by atoms with Gasteiger partial charge in [0.05, 0.1) is 22.6 Å². The van der Waals surface area contributed by atoms with Crippen molar-refractivity contribution in [1.82, 2.24) is 0 Å². The molecule has 1 aliphatic carbocycles. The lowest BCUT2D eigenvalue weighted by Gasteiger charge is -2.17. The van der Waals surface area contributed by atoms with Crippen LogP contribution in [0.1, 0.15) is 28.9 Å². The van der Waals surface area contributed by atoms with Crippen LogP contribution in [0.5, 0.6) is 11.5 Å². The average Bonchev–Trinajstić information content (AvgIpc) is 2.75. The monoisotopic (exact) mass is 400 g/mol. The first-order valence-electron chi connectivity index (χ1n) is 7.49. The van der Waals surface area contributed by atoms with Crippen LogP contribution in [0.25, 0.3) is 0 Å². The number of hydrogen-bond acceptors (Lipinski definition) is 5. The van der Waals surface area contributed by atoms with E-state index in [1.807, 2.05) is 0 Å². The van der Waals surface area contributed by atoms with Crippen LogP contribution in [0, 0.1) is 17.1 Å². The smallest absolute Gasteiger partial charge is 0.301 e. The topological polar surface area (TPSA) is 93.2 Å². The van der Waals surface area contributed by atoms with Crippen molar-refractivity contribution < 1.29 is 30.7 Å². The molecule has 0 unspecified atom stereocenters. The molecule has 0 spiro atoms. The summed E-state index contributed by atoms with van der Waals surface area (Å²) >= 11 is 0. The molecule has 0 heterocycles. The Morgan fingerprint density at radius 1 is 1.22 bits per heavy atom. The summed E-state index contributed by atoms with van der Waals surface area (Å²) in [7, 11) is -3.98. The summed E-state index contributed by atoms with van der Waals surface area (Å²) in [4.78, 5) is -0.533. The summed E-state index contributed by atoms with van der Waals surface area (Å²) in [6.45, 7) is 0. The van der Waals surface area contributed by atoms with Gasteiger partial charge in [-0.25, -0.2) is 26.0 Å². The van der Waals surface area contributed by atoms with Gasteiger partial charge in [-0.2, -0.15) is 5.26 Å². The van der Waals surface area contributed by atoms with E-state index in [-0.39, 0.29) is 11.3 Å². The van der Waals surface area contributed by atoms with E-state index in [0.717, 1.165) is 36.6 Å². The predicted octanol–water partition coefficient (Wildman–Crippen LogP) is 3.55. The first-order chi connectivity index (χ1) is 12.5. The first-order valence-corrected chi connectivity index (χ1v) is 9.38. The van der Waals surface area contributed by atoms with E-state index >= 15 is 0 Å². The Morgan fingerprint density at radius 2 is 1.89 bits per heavy atom. The number of nitrogens with zero attached hydrogens (tertiary/aromatic N) is 1. The summed E-state index contributed by atoms with van der Waals surface area (Å²) in [5.41, 5.74) is 4.04. The van der Waals surface area contributed by atoms with Gasteiger partial charge in [0.1, 0.15) is 17.3 Å². The van der Waals surface area contributed by atoms with Crippen LogP contribution in [0.2, 0.25) is 0 Å². The van der Waals surface area contributed by atoms with Gasteiger partial charge in [0.15, 0.2) is 16.0 Å². The minimum absolute atomic E-state index is 0.103. The molecule has 2 aromatic carbocycles. The predicted molar refractivity (Wildman–Crippen MR) is 86.5 cm³/mol. The molecule has 0 saturated heterocycles. The van der Waals surface area contributed by atoms with E-state index in [2.05, 4.69) is 0 Å². The number of fused-ring (bicyclic) bond motifs is 1. The third-order valence-electron chi connectivity index (χ3n) is 4.15. The first kappa shape index (κ1) is 19.1. The van der Waals surface area contributed by atoms with Crippen LogP contribution in [-0.2, 0) is 9.84 Å². The van der Waals surface area contributed by atoms with Crippen molar-refractivity contribution in [3.63, 3.8) is 0 Å². The Morgan fingerprint density at radius 3 is 2.48 bits per heavy atom. The highest BCUT2D eigenvalue weighted by Crippen LogP contribution is 2.56. The number of ether oxygens (including phenoxy) is 1. The standard InChI is InChI=1S/C17H12F4N2O3S/c1-27(24,25)12-3-2-11(13-14(12)16(23)17(20,21)15(13)19)26-10-5-8(7-22)4-9(18)6-10/h2-6,15-16H,23H2,1H3/t15-,16+/m1/s1. The van der Waals surface area contributed by atoms with E-state index in [4.69, 9.17) is 15.7 Å². The lowest BCUT2D eigenvalue weighted by atomic mass is 10.1. The SMILES string of the molecule is CS(=O)(=O)c1ccc(Oc2cc(F)cc(C#N)c2)c2c1[C@H](N)C(F)(F)[C@@H]2F. The average molecular weight is 400 g/mol. The summed E-state index contributed by atoms with van der Waals surface area (Å²) in [6.07, 6.45) is -2.13. The lowest BCUT2D eigenvalue weighted by Crippen LogP contribution is -2.31. The van der Waals surface area contributed by atoms with Gasteiger partial charge in [0.2, 0.25) is 0 Å². The zero-order valence-corrected chi connectivity index (χ0v) is 14.5. The Hall–Kier alpha value is -2.64. The third kappa shape index (κ3) is 3.13. The van der Waals surface area contributed by atoms with Gasteiger partial charge in [-0.1, -0.05) is 0 Å². The largest absolute Gasteiger partial charge is 0.457 e. The normalized spacial score (nSPS) is 20.8. The fraction of sp³-hybridized carbons (Fsp3) is 0.235. The molecule has 0 amide bonds. The fourth-order valence-electron chi connectivity index (χ4n) is 2.95. The van der Waals surface area contributed by atoms with Crippen molar-refractivity contribution in [3.05, 3.63) is 52.8 Å². The fourth-order valence-corrected chi connectivity index (χ4v) is 3.90. The zero-order valence-electron chi connectivity index (χ0n) is 13.7. The number of rotatable bonds is 3. The minimum atomic E-state index is -4.05. The van der Waals surface area contributed by atoms with Gasteiger partial charge in [0.25, 0.3) is 0 Å². The van der Waals surface area contributed by atoms with Crippen molar-refractivity contribution >= 4 is 9.84 Å². The molecule has 142 valence electrons.